The number of para-hydroxylation sites is 1. The zero-order valence-electron chi connectivity index (χ0n) is 13.1. The Balaban J connectivity index is 2.00. The van der Waals surface area contributed by atoms with Crippen LogP contribution >= 0.6 is 0 Å². The van der Waals surface area contributed by atoms with Crippen molar-refractivity contribution < 1.29 is 18.7 Å². The van der Waals surface area contributed by atoms with Crippen LogP contribution in [0.15, 0.2) is 54.7 Å². The summed E-state index contributed by atoms with van der Waals surface area (Å²) in [6, 6.07) is 12.1. The highest BCUT2D eigenvalue weighted by atomic mass is 19.1. The van der Waals surface area contributed by atoms with E-state index in [0.717, 1.165) is 0 Å². The van der Waals surface area contributed by atoms with Gasteiger partial charge in [-0.2, -0.15) is 0 Å². The van der Waals surface area contributed by atoms with Gasteiger partial charge < -0.3 is 15.4 Å². The number of urea groups is 1. The van der Waals surface area contributed by atoms with Crippen LogP contribution in [0.4, 0.5) is 14.9 Å². The molecule has 0 spiro atoms. The van der Waals surface area contributed by atoms with Crippen LogP contribution in [0.1, 0.15) is 22.8 Å². The highest BCUT2D eigenvalue weighted by molar-refractivity contribution is 6.01. The molecule has 0 bridgehead atoms. The molecule has 2 aromatic rings. The summed E-state index contributed by atoms with van der Waals surface area (Å²) in [6.07, 6.45) is 2.76. The summed E-state index contributed by atoms with van der Waals surface area (Å²) in [5.74, 6) is -0.904. The van der Waals surface area contributed by atoms with Gasteiger partial charge in [0.25, 0.3) is 0 Å². The van der Waals surface area contributed by atoms with Crippen molar-refractivity contribution in [3.05, 3.63) is 71.7 Å². The van der Waals surface area contributed by atoms with Crippen LogP contribution < -0.4 is 10.6 Å². The van der Waals surface area contributed by atoms with Crippen LogP contribution in [-0.2, 0) is 4.74 Å². The van der Waals surface area contributed by atoms with Crippen molar-refractivity contribution in [2.75, 3.05) is 11.9 Å². The molecule has 0 aliphatic heterocycles. The lowest BCUT2D eigenvalue weighted by atomic mass is 10.2. The normalized spacial score (nSPS) is 10.4. The molecule has 6 heteroatoms. The van der Waals surface area contributed by atoms with Crippen LogP contribution in [0.3, 0.4) is 0 Å². The average molecular weight is 328 g/mol. The van der Waals surface area contributed by atoms with Gasteiger partial charge in [0.15, 0.2) is 0 Å². The molecule has 0 aromatic heterocycles. The molecule has 2 N–H and O–H groups in total. The quantitative estimate of drug-likeness (QED) is 0.821. The number of anilines is 1. The first-order chi connectivity index (χ1) is 11.6. The van der Waals surface area contributed by atoms with E-state index in [-0.39, 0.29) is 18.0 Å². The summed E-state index contributed by atoms with van der Waals surface area (Å²) in [5.41, 5.74) is 0.935. The minimum atomic E-state index is -0.556. The molecule has 24 heavy (non-hydrogen) atoms. The standard InChI is InChI=1S/C18H17FN2O3/c1-2-24-17(22)14-8-4-6-10-16(14)21-18(23)20-12-11-13-7-3-5-9-15(13)19/h3-12H,2H2,1H3,(H2,20,21,23)/b12-11+. The lowest BCUT2D eigenvalue weighted by molar-refractivity contribution is 0.0527. The molecule has 0 heterocycles. The zero-order valence-corrected chi connectivity index (χ0v) is 13.1. The van der Waals surface area contributed by atoms with Crippen molar-refractivity contribution in [2.24, 2.45) is 0 Å². The van der Waals surface area contributed by atoms with Crippen LogP contribution in [-0.4, -0.2) is 18.6 Å². The molecule has 0 radical (unpaired) electrons. The summed E-state index contributed by atoms with van der Waals surface area (Å²) >= 11 is 0. The Labute approximate surface area is 139 Å². The maximum Gasteiger partial charge on any atom is 0.340 e. The van der Waals surface area contributed by atoms with Crippen molar-refractivity contribution in [3.8, 4) is 0 Å². The number of nitrogens with one attached hydrogen (secondary N) is 2. The Morgan fingerprint density at radius 2 is 1.83 bits per heavy atom. The number of rotatable bonds is 5. The fourth-order valence-corrected chi connectivity index (χ4v) is 1.95. The van der Waals surface area contributed by atoms with E-state index in [2.05, 4.69) is 10.6 Å². The molecular weight excluding hydrogens is 311 g/mol. The van der Waals surface area contributed by atoms with E-state index in [1.807, 2.05) is 0 Å². The van der Waals surface area contributed by atoms with Crippen molar-refractivity contribution in [3.63, 3.8) is 0 Å². The van der Waals surface area contributed by atoms with Gasteiger partial charge in [0.05, 0.1) is 17.9 Å². The molecular formula is C18H17FN2O3. The van der Waals surface area contributed by atoms with Gasteiger partial charge in [-0.25, -0.2) is 14.0 Å². The summed E-state index contributed by atoms with van der Waals surface area (Å²) in [4.78, 5) is 23.7. The fraction of sp³-hybridized carbons (Fsp3) is 0.111. The second-order valence-electron chi connectivity index (χ2n) is 4.72. The fourth-order valence-electron chi connectivity index (χ4n) is 1.95. The molecule has 0 fully saturated rings. The monoisotopic (exact) mass is 328 g/mol. The van der Waals surface area contributed by atoms with Gasteiger partial charge in [0.2, 0.25) is 0 Å². The molecule has 2 rings (SSSR count). The first kappa shape index (κ1) is 17.2. The van der Waals surface area contributed by atoms with Crippen LogP contribution in [0.2, 0.25) is 0 Å². The number of carbonyl (C=O) groups excluding carboxylic acids is 2. The number of benzene rings is 2. The maximum atomic E-state index is 13.4. The van der Waals surface area contributed by atoms with E-state index in [4.69, 9.17) is 4.74 Å². The minimum Gasteiger partial charge on any atom is -0.462 e. The highest BCUT2D eigenvalue weighted by Gasteiger charge is 2.13. The Hall–Kier alpha value is -3.15. The van der Waals surface area contributed by atoms with Crippen molar-refractivity contribution in [1.29, 1.82) is 0 Å². The Bertz CT molecular complexity index is 759. The summed E-state index contributed by atoms with van der Waals surface area (Å²) in [5, 5.41) is 5.01. The van der Waals surface area contributed by atoms with E-state index < -0.39 is 12.0 Å². The Morgan fingerprint density at radius 1 is 1.12 bits per heavy atom. The Kier molecular flexibility index (Phi) is 6.08. The predicted molar refractivity (Wildman–Crippen MR) is 90.0 cm³/mol. The Morgan fingerprint density at radius 3 is 2.58 bits per heavy atom. The molecule has 2 amide bonds. The van der Waals surface area contributed by atoms with Crippen molar-refractivity contribution in [1.82, 2.24) is 5.32 Å². The van der Waals surface area contributed by atoms with E-state index in [9.17, 15) is 14.0 Å². The molecule has 0 saturated heterocycles. The third kappa shape index (κ3) is 4.67. The number of amides is 2. The molecule has 0 aliphatic carbocycles. The smallest absolute Gasteiger partial charge is 0.340 e. The van der Waals surface area contributed by atoms with Crippen LogP contribution in [0.25, 0.3) is 6.08 Å². The van der Waals surface area contributed by atoms with Crippen LogP contribution in [0.5, 0.6) is 0 Å². The van der Waals surface area contributed by atoms with Gasteiger partial charge in [0.1, 0.15) is 5.82 Å². The molecule has 124 valence electrons. The van der Waals surface area contributed by atoms with Gasteiger partial charge in [-0.1, -0.05) is 30.3 Å². The molecule has 0 aliphatic rings. The average Bonchev–Trinajstić information content (AvgIpc) is 2.57. The number of ether oxygens (including phenoxy) is 1. The highest BCUT2D eigenvalue weighted by Crippen LogP contribution is 2.16. The number of carbonyl (C=O) groups is 2. The number of hydrogen-bond acceptors (Lipinski definition) is 3. The van der Waals surface area contributed by atoms with Gasteiger partial charge in [-0.15, -0.1) is 0 Å². The first-order valence-corrected chi connectivity index (χ1v) is 7.36. The number of hydrogen-bond donors (Lipinski definition) is 2. The van der Waals surface area contributed by atoms with E-state index >= 15 is 0 Å². The predicted octanol–water partition coefficient (Wildman–Crippen LogP) is 3.79. The van der Waals surface area contributed by atoms with E-state index in [1.54, 1.807) is 49.4 Å². The van der Waals surface area contributed by atoms with E-state index in [0.29, 0.717) is 11.3 Å². The third-order valence-corrected chi connectivity index (χ3v) is 3.05. The second-order valence-corrected chi connectivity index (χ2v) is 4.72. The summed E-state index contributed by atoms with van der Waals surface area (Å²) < 4.78 is 18.4. The third-order valence-electron chi connectivity index (χ3n) is 3.05. The van der Waals surface area contributed by atoms with Gasteiger partial charge in [-0.05, 0) is 31.2 Å². The number of halogens is 1. The van der Waals surface area contributed by atoms with Crippen LogP contribution in [0, 0.1) is 5.82 Å². The van der Waals surface area contributed by atoms with Gasteiger partial charge in [-0.3, -0.25) is 0 Å². The molecule has 0 unspecified atom stereocenters. The second kappa shape index (κ2) is 8.47. The van der Waals surface area contributed by atoms with Crippen molar-refractivity contribution >= 4 is 23.8 Å². The SMILES string of the molecule is CCOC(=O)c1ccccc1NC(=O)N/C=C/c1ccccc1F. The minimum absolute atomic E-state index is 0.241. The molecule has 0 saturated carbocycles. The zero-order chi connectivity index (χ0) is 17.4. The summed E-state index contributed by atoms with van der Waals surface area (Å²) in [7, 11) is 0. The topological polar surface area (TPSA) is 67.4 Å². The largest absolute Gasteiger partial charge is 0.462 e. The van der Waals surface area contributed by atoms with E-state index in [1.165, 1.54) is 18.3 Å². The first-order valence-electron chi connectivity index (χ1n) is 7.36. The molecule has 2 aromatic carbocycles. The lowest BCUT2D eigenvalue weighted by Gasteiger charge is -2.09. The van der Waals surface area contributed by atoms with Crippen molar-refractivity contribution in [2.45, 2.75) is 6.92 Å². The molecule has 5 nitrogen and oxygen atoms in total. The maximum absolute atomic E-state index is 13.4. The van der Waals surface area contributed by atoms with Gasteiger partial charge >= 0.3 is 12.0 Å². The lowest BCUT2D eigenvalue weighted by Crippen LogP contribution is -2.25. The molecule has 0 atom stereocenters. The number of esters is 1. The van der Waals surface area contributed by atoms with Gasteiger partial charge in [0, 0.05) is 11.8 Å². The summed E-state index contributed by atoms with van der Waals surface area (Å²) in [6.45, 7) is 1.94.